The summed E-state index contributed by atoms with van der Waals surface area (Å²) in [5.41, 5.74) is 0. The molecule has 1 aliphatic rings. The minimum Gasteiger partial charge on any atom is -0.381 e. The quantitative estimate of drug-likeness (QED) is 0.645. The zero-order chi connectivity index (χ0) is 8.97. The lowest BCUT2D eigenvalue weighted by Crippen LogP contribution is -2.26. The second-order valence-electron chi connectivity index (χ2n) is 3.69. The Morgan fingerprint density at radius 1 is 1.50 bits per heavy atom. The van der Waals surface area contributed by atoms with Crippen LogP contribution in [0.4, 0.5) is 0 Å². The van der Waals surface area contributed by atoms with Crippen LogP contribution in [0, 0.1) is 11.8 Å². The van der Waals surface area contributed by atoms with Crippen molar-refractivity contribution in [3.8, 4) is 0 Å². The highest BCUT2D eigenvalue weighted by atomic mass is 16.5. The lowest BCUT2D eigenvalue weighted by atomic mass is 9.80. The van der Waals surface area contributed by atoms with Crippen molar-refractivity contribution in [2.24, 2.45) is 11.8 Å². The zero-order valence-electron chi connectivity index (χ0n) is 7.88. The summed E-state index contributed by atoms with van der Waals surface area (Å²) in [5.74, 6) is 0.587. The summed E-state index contributed by atoms with van der Waals surface area (Å²) in [7, 11) is 1.75. The van der Waals surface area contributed by atoms with E-state index in [1.807, 2.05) is 6.92 Å². The molecule has 0 aromatic heterocycles. The van der Waals surface area contributed by atoms with Crippen molar-refractivity contribution in [1.29, 1.82) is 0 Å². The van der Waals surface area contributed by atoms with E-state index in [9.17, 15) is 4.79 Å². The minimum absolute atomic E-state index is 0.0861. The largest absolute Gasteiger partial charge is 0.381 e. The SMILES string of the molecule is COC1CCCC(C(C)[C]=O)C1. The molecular formula is C10H17O2. The van der Waals surface area contributed by atoms with Crippen molar-refractivity contribution in [3.63, 3.8) is 0 Å². The lowest BCUT2D eigenvalue weighted by molar-refractivity contribution is 0.0449. The van der Waals surface area contributed by atoms with E-state index in [0.717, 1.165) is 19.3 Å². The number of hydrogen-bond acceptors (Lipinski definition) is 2. The fraction of sp³-hybridized carbons (Fsp3) is 0.900. The molecule has 0 aliphatic heterocycles. The second-order valence-corrected chi connectivity index (χ2v) is 3.69. The van der Waals surface area contributed by atoms with Gasteiger partial charge >= 0.3 is 0 Å². The van der Waals surface area contributed by atoms with E-state index in [4.69, 9.17) is 4.74 Å². The Morgan fingerprint density at radius 3 is 2.83 bits per heavy atom. The molecule has 0 amide bonds. The maximum Gasteiger partial charge on any atom is 0.201 e. The Balaban J connectivity index is 2.39. The van der Waals surface area contributed by atoms with Gasteiger partial charge in [0.2, 0.25) is 6.29 Å². The Hall–Kier alpha value is -0.370. The molecule has 1 aliphatic carbocycles. The van der Waals surface area contributed by atoms with E-state index >= 15 is 0 Å². The van der Waals surface area contributed by atoms with Gasteiger partial charge in [-0.3, -0.25) is 4.79 Å². The summed E-state index contributed by atoms with van der Waals surface area (Å²) in [5, 5.41) is 0. The number of hydrogen-bond donors (Lipinski definition) is 0. The average Bonchev–Trinajstić information content (AvgIpc) is 2.17. The van der Waals surface area contributed by atoms with Crippen molar-refractivity contribution in [1.82, 2.24) is 0 Å². The van der Waals surface area contributed by atoms with E-state index in [1.165, 1.54) is 6.42 Å². The van der Waals surface area contributed by atoms with Gasteiger partial charge in [-0.15, -0.1) is 0 Å². The summed E-state index contributed by atoms with van der Waals surface area (Å²) in [4.78, 5) is 10.4. The van der Waals surface area contributed by atoms with Crippen molar-refractivity contribution in [2.45, 2.75) is 38.7 Å². The van der Waals surface area contributed by atoms with Crippen LogP contribution in [0.1, 0.15) is 32.6 Å². The van der Waals surface area contributed by atoms with E-state index in [1.54, 1.807) is 7.11 Å². The van der Waals surface area contributed by atoms with Crippen molar-refractivity contribution in [3.05, 3.63) is 0 Å². The molecule has 2 heteroatoms. The molecule has 0 aromatic carbocycles. The standard InChI is InChI=1S/C10H17O2/c1-8(7-11)9-4-3-5-10(6-9)12-2/h8-10H,3-6H2,1-2H3. The van der Waals surface area contributed by atoms with E-state index in [2.05, 4.69) is 6.29 Å². The third-order valence-electron chi connectivity index (χ3n) is 2.89. The summed E-state index contributed by atoms with van der Waals surface area (Å²) < 4.78 is 5.29. The molecule has 0 aromatic rings. The van der Waals surface area contributed by atoms with Gasteiger partial charge in [0.1, 0.15) is 0 Å². The first-order valence-corrected chi connectivity index (χ1v) is 4.68. The van der Waals surface area contributed by atoms with Gasteiger partial charge in [0.25, 0.3) is 0 Å². The summed E-state index contributed by atoms with van der Waals surface area (Å²) in [6.45, 7) is 1.95. The second kappa shape index (κ2) is 4.61. The highest BCUT2D eigenvalue weighted by Crippen LogP contribution is 2.30. The van der Waals surface area contributed by atoms with Crippen LogP contribution < -0.4 is 0 Å². The molecule has 69 valence electrons. The molecule has 2 nitrogen and oxygen atoms in total. The summed E-state index contributed by atoms with van der Waals surface area (Å²) >= 11 is 0. The monoisotopic (exact) mass is 169 g/mol. The third-order valence-corrected chi connectivity index (χ3v) is 2.89. The zero-order valence-corrected chi connectivity index (χ0v) is 7.88. The highest BCUT2D eigenvalue weighted by molar-refractivity contribution is 5.54. The molecule has 0 N–H and O–H groups in total. The maximum absolute atomic E-state index is 10.4. The van der Waals surface area contributed by atoms with Crippen LogP contribution >= 0.6 is 0 Å². The van der Waals surface area contributed by atoms with Gasteiger partial charge in [0, 0.05) is 13.0 Å². The number of ether oxygens (including phenoxy) is 1. The Bertz CT molecular complexity index is 145. The Kier molecular flexibility index (Phi) is 3.73. The van der Waals surface area contributed by atoms with Crippen molar-refractivity contribution >= 4 is 6.29 Å². The Labute approximate surface area is 74.3 Å². The molecule has 1 radical (unpaired) electrons. The van der Waals surface area contributed by atoms with Crippen molar-refractivity contribution < 1.29 is 9.53 Å². The maximum atomic E-state index is 10.4. The lowest BCUT2D eigenvalue weighted by Gasteiger charge is -2.29. The van der Waals surface area contributed by atoms with Gasteiger partial charge < -0.3 is 4.74 Å². The van der Waals surface area contributed by atoms with Crippen LogP contribution in [0.3, 0.4) is 0 Å². The van der Waals surface area contributed by atoms with Crippen LogP contribution in [0.5, 0.6) is 0 Å². The van der Waals surface area contributed by atoms with Gasteiger partial charge in [0.05, 0.1) is 6.10 Å². The minimum atomic E-state index is 0.0861. The van der Waals surface area contributed by atoms with Gasteiger partial charge in [-0.2, -0.15) is 0 Å². The molecule has 0 bridgehead atoms. The van der Waals surface area contributed by atoms with E-state index in [0.29, 0.717) is 12.0 Å². The molecule has 12 heavy (non-hydrogen) atoms. The molecular weight excluding hydrogens is 152 g/mol. The van der Waals surface area contributed by atoms with Crippen LogP contribution in [0.2, 0.25) is 0 Å². The summed E-state index contributed by atoms with van der Waals surface area (Å²) in [6, 6.07) is 0. The predicted octanol–water partition coefficient (Wildman–Crippen LogP) is 1.94. The predicted molar refractivity (Wildman–Crippen MR) is 47.6 cm³/mol. The molecule has 3 atom stereocenters. The molecule has 0 heterocycles. The molecule has 1 saturated carbocycles. The normalized spacial score (nSPS) is 32.8. The number of methoxy groups -OCH3 is 1. The van der Waals surface area contributed by atoms with Crippen LogP contribution in [-0.2, 0) is 9.53 Å². The fourth-order valence-corrected chi connectivity index (χ4v) is 1.95. The first-order valence-electron chi connectivity index (χ1n) is 4.68. The average molecular weight is 169 g/mol. The molecule has 1 fully saturated rings. The molecule has 3 unspecified atom stereocenters. The van der Waals surface area contributed by atoms with Gasteiger partial charge in [-0.05, 0) is 25.2 Å². The van der Waals surface area contributed by atoms with Crippen LogP contribution in [-0.4, -0.2) is 19.5 Å². The smallest absolute Gasteiger partial charge is 0.201 e. The van der Waals surface area contributed by atoms with Crippen LogP contribution in [0.25, 0.3) is 0 Å². The topological polar surface area (TPSA) is 26.3 Å². The van der Waals surface area contributed by atoms with Crippen LogP contribution in [0.15, 0.2) is 0 Å². The summed E-state index contributed by atoms with van der Waals surface area (Å²) in [6.07, 6.45) is 6.99. The fourth-order valence-electron chi connectivity index (χ4n) is 1.95. The molecule has 0 saturated heterocycles. The van der Waals surface area contributed by atoms with Gasteiger partial charge in [0.15, 0.2) is 0 Å². The van der Waals surface area contributed by atoms with Gasteiger partial charge in [-0.25, -0.2) is 0 Å². The van der Waals surface area contributed by atoms with Crippen molar-refractivity contribution in [2.75, 3.05) is 7.11 Å². The third kappa shape index (κ3) is 2.31. The Morgan fingerprint density at radius 2 is 2.25 bits per heavy atom. The first kappa shape index (κ1) is 9.72. The van der Waals surface area contributed by atoms with E-state index < -0.39 is 0 Å². The number of rotatable bonds is 3. The number of carbonyl (C=O) groups excluding carboxylic acids is 1. The highest BCUT2D eigenvalue weighted by Gasteiger charge is 2.25. The molecule has 1 rings (SSSR count). The first-order chi connectivity index (χ1) is 5.77. The molecule has 0 spiro atoms. The van der Waals surface area contributed by atoms with Gasteiger partial charge in [-0.1, -0.05) is 13.3 Å². The van der Waals surface area contributed by atoms with E-state index in [-0.39, 0.29) is 5.92 Å².